The van der Waals surface area contributed by atoms with Gasteiger partial charge in [0.05, 0.1) is 52.9 Å². The van der Waals surface area contributed by atoms with Gasteiger partial charge < -0.3 is 28.4 Å². The first-order valence-electron chi connectivity index (χ1n) is 10.6. The fraction of sp³-hybridized carbons (Fsp3) is 0.500. The molecule has 0 fully saturated rings. The zero-order valence-electron chi connectivity index (χ0n) is 17.8. The van der Waals surface area contributed by atoms with Crippen LogP contribution in [0.4, 0.5) is 0 Å². The van der Waals surface area contributed by atoms with Crippen molar-refractivity contribution < 1.29 is 28.4 Å². The van der Waals surface area contributed by atoms with E-state index in [1.54, 1.807) is 0 Å². The topological polar surface area (TPSA) is 55.4 Å². The van der Waals surface area contributed by atoms with Gasteiger partial charge in [-0.1, -0.05) is 35.9 Å². The van der Waals surface area contributed by atoms with E-state index in [4.69, 9.17) is 28.4 Å². The summed E-state index contributed by atoms with van der Waals surface area (Å²) in [4.78, 5) is 0. The van der Waals surface area contributed by atoms with E-state index in [2.05, 4.69) is 37.3 Å². The molecular formula is C24H32O6. The van der Waals surface area contributed by atoms with E-state index in [1.165, 1.54) is 11.1 Å². The van der Waals surface area contributed by atoms with Crippen LogP contribution in [0, 0.1) is 6.92 Å². The standard InChI is InChI=1S/C24H32O6/c1-20-2-4-22(5-3-20)19-28-9-8-21-6-7-23-24(18-21)30-17-15-27-13-11-25-10-12-26-14-16-29-23/h2-7,18H,8-17,19H2,1H3. The zero-order valence-corrected chi connectivity index (χ0v) is 17.8. The molecule has 30 heavy (non-hydrogen) atoms. The number of aryl methyl sites for hydroxylation is 1. The Hall–Kier alpha value is -2.12. The van der Waals surface area contributed by atoms with Crippen molar-refractivity contribution in [2.45, 2.75) is 20.0 Å². The highest BCUT2D eigenvalue weighted by Crippen LogP contribution is 2.29. The third-order valence-corrected chi connectivity index (χ3v) is 4.65. The number of fused-ring (bicyclic) bond motifs is 1. The molecule has 2 aromatic rings. The van der Waals surface area contributed by atoms with Gasteiger partial charge in [0.15, 0.2) is 11.5 Å². The Morgan fingerprint density at radius 1 is 0.667 bits per heavy atom. The van der Waals surface area contributed by atoms with E-state index in [1.807, 2.05) is 12.1 Å². The van der Waals surface area contributed by atoms with Gasteiger partial charge in [-0.3, -0.25) is 0 Å². The predicted octanol–water partition coefficient (Wildman–Crippen LogP) is 3.58. The molecule has 0 amide bonds. The Kier molecular flexibility index (Phi) is 9.96. The van der Waals surface area contributed by atoms with Gasteiger partial charge in [0.1, 0.15) is 13.2 Å². The second-order valence-electron chi connectivity index (χ2n) is 7.10. The summed E-state index contributed by atoms with van der Waals surface area (Å²) >= 11 is 0. The molecule has 0 N–H and O–H groups in total. The highest BCUT2D eigenvalue weighted by atomic mass is 16.6. The molecule has 6 nitrogen and oxygen atoms in total. The third-order valence-electron chi connectivity index (χ3n) is 4.65. The highest BCUT2D eigenvalue weighted by Gasteiger charge is 2.08. The molecule has 0 aliphatic carbocycles. The van der Waals surface area contributed by atoms with E-state index in [-0.39, 0.29) is 0 Å². The summed E-state index contributed by atoms with van der Waals surface area (Å²) in [6.07, 6.45) is 0.805. The molecule has 0 atom stereocenters. The van der Waals surface area contributed by atoms with E-state index >= 15 is 0 Å². The summed E-state index contributed by atoms with van der Waals surface area (Å²) < 4.78 is 34.1. The van der Waals surface area contributed by atoms with Gasteiger partial charge in [-0.05, 0) is 36.6 Å². The first-order valence-corrected chi connectivity index (χ1v) is 10.6. The average Bonchev–Trinajstić information content (AvgIpc) is 2.77. The third kappa shape index (κ3) is 8.32. The van der Waals surface area contributed by atoms with Crippen LogP contribution in [-0.4, -0.2) is 59.5 Å². The van der Waals surface area contributed by atoms with Crippen molar-refractivity contribution in [1.29, 1.82) is 0 Å². The van der Waals surface area contributed by atoms with E-state index in [0.717, 1.165) is 17.7 Å². The van der Waals surface area contributed by atoms with Crippen molar-refractivity contribution in [2.24, 2.45) is 0 Å². The van der Waals surface area contributed by atoms with Gasteiger partial charge in [-0.25, -0.2) is 0 Å². The number of rotatable bonds is 5. The smallest absolute Gasteiger partial charge is 0.161 e. The van der Waals surface area contributed by atoms with Crippen LogP contribution in [0.1, 0.15) is 16.7 Å². The minimum Gasteiger partial charge on any atom is -0.487 e. The maximum atomic E-state index is 5.92. The lowest BCUT2D eigenvalue weighted by molar-refractivity contribution is 0.00708. The van der Waals surface area contributed by atoms with Crippen LogP contribution in [0.25, 0.3) is 0 Å². The van der Waals surface area contributed by atoms with E-state index < -0.39 is 0 Å². The van der Waals surface area contributed by atoms with Crippen LogP contribution in [0.15, 0.2) is 42.5 Å². The first kappa shape index (κ1) is 22.6. The molecule has 0 unspecified atom stereocenters. The van der Waals surface area contributed by atoms with Gasteiger partial charge in [0.25, 0.3) is 0 Å². The predicted molar refractivity (Wildman–Crippen MR) is 114 cm³/mol. The van der Waals surface area contributed by atoms with Crippen LogP contribution in [0.5, 0.6) is 11.5 Å². The Morgan fingerprint density at radius 3 is 1.90 bits per heavy atom. The van der Waals surface area contributed by atoms with Gasteiger partial charge in [0, 0.05) is 0 Å². The summed E-state index contributed by atoms with van der Waals surface area (Å²) in [5, 5.41) is 0. The van der Waals surface area contributed by atoms with Crippen molar-refractivity contribution >= 4 is 0 Å². The molecule has 0 aromatic heterocycles. The normalized spacial score (nSPS) is 16.4. The molecule has 1 heterocycles. The Labute approximate surface area is 179 Å². The molecule has 1 aliphatic heterocycles. The minimum atomic E-state index is 0.459. The van der Waals surface area contributed by atoms with Gasteiger partial charge in [0.2, 0.25) is 0 Å². The van der Waals surface area contributed by atoms with Gasteiger partial charge >= 0.3 is 0 Å². The largest absolute Gasteiger partial charge is 0.487 e. The van der Waals surface area contributed by atoms with E-state index in [9.17, 15) is 0 Å². The maximum absolute atomic E-state index is 5.92. The lowest BCUT2D eigenvalue weighted by Crippen LogP contribution is -2.13. The van der Waals surface area contributed by atoms with Gasteiger partial charge in [-0.2, -0.15) is 0 Å². The summed E-state index contributed by atoms with van der Waals surface area (Å²) in [7, 11) is 0. The van der Waals surface area contributed by atoms with Crippen LogP contribution in [-0.2, 0) is 32.0 Å². The minimum absolute atomic E-state index is 0.459. The summed E-state index contributed by atoms with van der Waals surface area (Å²) in [5.41, 5.74) is 3.58. The quantitative estimate of drug-likeness (QED) is 0.695. The number of benzene rings is 2. The van der Waals surface area contributed by atoms with Crippen LogP contribution < -0.4 is 9.47 Å². The Balaban J connectivity index is 1.50. The Bertz CT molecular complexity index is 731. The molecule has 0 bridgehead atoms. The van der Waals surface area contributed by atoms with Crippen molar-refractivity contribution in [3.8, 4) is 11.5 Å². The molecule has 2 aromatic carbocycles. The number of ether oxygens (including phenoxy) is 6. The molecule has 0 saturated carbocycles. The van der Waals surface area contributed by atoms with Crippen molar-refractivity contribution in [3.05, 3.63) is 59.2 Å². The molecule has 0 saturated heterocycles. The fourth-order valence-electron chi connectivity index (χ4n) is 2.97. The number of hydrogen-bond donors (Lipinski definition) is 0. The monoisotopic (exact) mass is 416 g/mol. The number of hydrogen-bond acceptors (Lipinski definition) is 6. The van der Waals surface area contributed by atoms with Crippen LogP contribution in [0.3, 0.4) is 0 Å². The first-order chi connectivity index (χ1) is 14.8. The molecule has 6 heteroatoms. The summed E-state index contributed by atoms with van der Waals surface area (Å²) in [6.45, 7) is 7.50. The maximum Gasteiger partial charge on any atom is 0.161 e. The van der Waals surface area contributed by atoms with E-state index in [0.29, 0.717) is 71.8 Å². The van der Waals surface area contributed by atoms with Crippen molar-refractivity contribution in [2.75, 3.05) is 59.5 Å². The molecule has 0 radical (unpaired) electrons. The zero-order chi connectivity index (χ0) is 20.9. The molecular weight excluding hydrogens is 384 g/mol. The van der Waals surface area contributed by atoms with Crippen molar-refractivity contribution in [1.82, 2.24) is 0 Å². The highest BCUT2D eigenvalue weighted by molar-refractivity contribution is 5.43. The summed E-state index contributed by atoms with van der Waals surface area (Å²) in [6, 6.07) is 14.4. The lowest BCUT2D eigenvalue weighted by atomic mass is 10.1. The van der Waals surface area contributed by atoms with Gasteiger partial charge in [-0.15, -0.1) is 0 Å². The fourth-order valence-corrected chi connectivity index (χ4v) is 2.97. The molecule has 164 valence electrons. The molecule has 3 rings (SSSR count). The van der Waals surface area contributed by atoms with Crippen LogP contribution in [0.2, 0.25) is 0 Å². The lowest BCUT2D eigenvalue weighted by Gasteiger charge is -2.14. The second kappa shape index (κ2) is 13.2. The molecule has 1 aliphatic rings. The molecule has 0 spiro atoms. The summed E-state index contributed by atoms with van der Waals surface area (Å²) in [5.74, 6) is 1.44. The second-order valence-corrected chi connectivity index (χ2v) is 7.10. The van der Waals surface area contributed by atoms with Crippen molar-refractivity contribution in [3.63, 3.8) is 0 Å². The van der Waals surface area contributed by atoms with Crippen LogP contribution >= 0.6 is 0 Å². The average molecular weight is 417 g/mol. The Morgan fingerprint density at radius 2 is 1.23 bits per heavy atom. The SMILES string of the molecule is Cc1ccc(COCCc2ccc3c(c2)OCCOCCOCCOCCO3)cc1.